The Hall–Kier alpha value is -9.11. The van der Waals surface area contributed by atoms with Crippen LogP contribution < -0.4 is 14.7 Å². The van der Waals surface area contributed by atoms with E-state index < -0.39 is 59.0 Å². The third-order valence-corrected chi connectivity index (χ3v) is 13.0. The molecule has 0 fully saturated rings. The third-order valence-electron chi connectivity index (χ3n) is 13.0. The highest BCUT2D eigenvalue weighted by Gasteiger charge is 2.42. The fourth-order valence-electron chi connectivity index (χ4n) is 9.51. The van der Waals surface area contributed by atoms with Crippen molar-refractivity contribution in [3.8, 4) is 33.4 Å². The molecule has 0 saturated heterocycles. The van der Waals surface area contributed by atoms with Gasteiger partial charge in [-0.2, -0.15) is 13.2 Å². The predicted octanol–water partition coefficient (Wildman–Crippen LogP) is 9.95. The molecule has 4 heterocycles. The highest BCUT2D eigenvalue weighted by Crippen LogP contribution is 2.43. The molecule has 7 aromatic rings. The van der Waals surface area contributed by atoms with Gasteiger partial charge in [-0.25, -0.2) is 14.7 Å². The fraction of sp³-hybridized carbons (Fsp3) is 0.0741. The Morgan fingerprint density at radius 1 is 0.333 bits per heavy atom. The number of fused-ring (bicyclic) bond motifs is 4. The number of halogens is 3. The van der Waals surface area contributed by atoms with Gasteiger partial charge in [0.25, 0.3) is 47.3 Å². The van der Waals surface area contributed by atoms with E-state index in [2.05, 4.69) is 0 Å². The lowest BCUT2D eigenvalue weighted by atomic mass is 9.94. The second kappa shape index (κ2) is 15.0. The van der Waals surface area contributed by atoms with Crippen LogP contribution in [0.5, 0.6) is 0 Å². The van der Waals surface area contributed by atoms with Crippen molar-refractivity contribution in [3.05, 3.63) is 195 Å². The zero-order valence-corrected chi connectivity index (χ0v) is 36.4. The van der Waals surface area contributed by atoms with E-state index in [0.717, 1.165) is 26.3 Å². The Balaban J connectivity index is 0.826. The number of hydrogen-bond donors (Lipinski definition) is 0. The van der Waals surface area contributed by atoms with Crippen LogP contribution in [0.3, 0.4) is 0 Å². The van der Waals surface area contributed by atoms with E-state index in [1.54, 1.807) is 61.5 Å². The molecule has 0 N–H and O–H groups in total. The number of carbonyl (C=O) groups excluding carboxylic acids is 8. The Labute approximate surface area is 389 Å². The first-order chi connectivity index (χ1) is 32.9. The van der Waals surface area contributed by atoms with Crippen molar-refractivity contribution in [2.24, 2.45) is 0 Å². The van der Waals surface area contributed by atoms with Crippen molar-refractivity contribution in [1.29, 1.82) is 0 Å². The maximum absolute atomic E-state index is 14.5. The van der Waals surface area contributed by atoms with E-state index in [0.29, 0.717) is 38.3 Å². The standard InChI is InChI=1S/C54H31F3N4O8/c1-26-4-14-35(27(2)20-26)36-19-13-34(25-45(36)54(55,56)57)61-50(66)40-18-8-31(24-44(40)53(61)69)30-7-17-39-43(23-30)52(68)60(49(39)65)33-11-9-32(10-12-33)59-48(64)38-16-6-29(22-42(38)51(59)67)28-5-15-37-41(21-28)47(63)58(3)46(37)62/h4-25H,1-3H3. The summed E-state index contributed by atoms with van der Waals surface area (Å²) in [6.07, 6.45) is -4.81. The molecule has 0 atom stereocenters. The van der Waals surface area contributed by atoms with Gasteiger partial charge in [0.15, 0.2) is 0 Å². The third kappa shape index (κ3) is 6.38. The minimum Gasteiger partial charge on any atom is -0.277 e. The summed E-state index contributed by atoms with van der Waals surface area (Å²) in [4.78, 5) is 111. The molecular weight excluding hydrogens is 890 g/mol. The lowest BCUT2D eigenvalue weighted by Crippen LogP contribution is -2.30. The van der Waals surface area contributed by atoms with Gasteiger partial charge in [-0.15, -0.1) is 0 Å². The second-order valence-electron chi connectivity index (χ2n) is 17.1. The number of imide groups is 4. The number of amides is 8. The number of nitrogens with zero attached hydrogens (tertiary/aromatic N) is 4. The number of alkyl halides is 3. The van der Waals surface area contributed by atoms with Crippen molar-refractivity contribution >= 4 is 64.3 Å². The van der Waals surface area contributed by atoms with Crippen LogP contribution in [0, 0.1) is 13.8 Å². The smallest absolute Gasteiger partial charge is 0.277 e. The SMILES string of the molecule is Cc1ccc(-c2ccc(N3C(=O)c4ccc(-c5ccc6c(c5)C(=O)N(c5ccc(N7C(=O)c8ccc(-c9ccc%10c(c9)C(=O)N(C)C%10=O)cc8C7=O)cc5)C6=O)cc4C3=O)cc2C(F)(F)F)c(C)c1. The van der Waals surface area contributed by atoms with Crippen LogP contribution in [-0.4, -0.2) is 59.2 Å². The molecule has 0 bridgehead atoms. The van der Waals surface area contributed by atoms with Gasteiger partial charge in [0, 0.05) is 7.05 Å². The maximum atomic E-state index is 14.5. The van der Waals surface area contributed by atoms with Crippen LogP contribution in [0.15, 0.2) is 133 Å². The molecule has 11 rings (SSSR count). The van der Waals surface area contributed by atoms with Gasteiger partial charge in [-0.3, -0.25) is 43.3 Å². The number of anilines is 3. The Morgan fingerprint density at radius 3 is 1.06 bits per heavy atom. The average molecular weight is 921 g/mol. The molecule has 0 aromatic heterocycles. The monoisotopic (exact) mass is 920 g/mol. The van der Waals surface area contributed by atoms with Gasteiger partial charge >= 0.3 is 6.18 Å². The van der Waals surface area contributed by atoms with Crippen molar-refractivity contribution in [3.63, 3.8) is 0 Å². The van der Waals surface area contributed by atoms with E-state index in [1.807, 2.05) is 6.92 Å². The Kier molecular flexibility index (Phi) is 9.21. The number of rotatable bonds is 6. The van der Waals surface area contributed by atoms with Gasteiger partial charge in [0.05, 0.1) is 67.1 Å². The number of benzene rings is 7. The zero-order chi connectivity index (χ0) is 48.5. The summed E-state index contributed by atoms with van der Waals surface area (Å²) in [6.45, 7) is 3.54. The van der Waals surface area contributed by atoms with E-state index in [1.165, 1.54) is 79.8 Å². The Morgan fingerprint density at radius 2 is 0.652 bits per heavy atom. The van der Waals surface area contributed by atoms with E-state index in [9.17, 15) is 51.5 Å². The van der Waals surface area contributed by atoms with Crippen molar-refractivity contribution in [2.75, 3.05) is 21.7 Å². The summed E-state index contributed by atoms with van der Waals surface area (Å²) in [5, 5.41) is 0. The first-order valence-corrected chi connectivity index (χ1v) is 21.4. The molecule has 69 heavy (non-hydrogen) atoms. The van der Waals surface area contributed by atoms with Gasteiger partial charge in [0.1, 0.15) is 0 Å². The Bertz CT molecular complexity index is 3620. The summed E-state index contributed by atoms with van der Waals surface area (Å²) in [5.74, 6) is -5.03. The molecule has 4 aliphatic rings. The molecule has 7 aromatic carbocycles. The molecule has 0 unspecified atom stereocenters. The van der Waals surface area contributed by atoms with Crippen LogP contribution in [0.2, 0.25) is 0 Å². The largest absolute Gasteiger partial charge is 0.417 e. The molecule has 12 nitrogen and oxygen atoms in total. The molecular formula is C54H31F3N4O8. The topological polar surface area (TPSA) is 150 Å². The number of hydrogen-bond acceptors (Lipinski definition) is 8. The lowest BCUT2D eigenvalue weighted by molar-refractivity contribution is -0.137. The quantitative estimate of drug-likeness (QED) is 0.150. The van der Waals surface area contributed by atoms with Crippen LogP contribution in [-0.2, 0) is 6.18 Å². The number of aryl methyl sites for hydroxylation is 2. The molecule has 0 spiro atoms. The van der Waals surface area contributed by atoms with E-state index >= 15 is 0 Å². The van der Waals surface area contributed by atoms with E-state index in [4.69, 9.17) is 0 Å². The van der Waals surface area contributed by atoms with Crippen molar-refractivity contribution < 1.29 is 51.5 Å². The first-order valence-electron chi connectivity index (χ1n) is 21.4. The average Bonchev–Trinajstić information content (AvgIpc) is 3.93. The minimum atomic E-state index is -4.81. The van der Waals surface area contributed by atoms with Crippen LogP contribution in [0.1, 0.15) is 99.6 Å². The molecule has 8 amide bonds. The van der Waals surface area contributed by atoms with Gasteiger partial charge < -0.3 is 0 Å². The molecule has 336 valence electrons. The van der Waals surface area contributed by atoms with Gasteiger partial charge in [0.2, 0.25) is 0 Å². The van der Waals surface area contributed by atoms with Gasteiger partial charge in [-0.1, -0.05) is 54.1 Å². The highest BCUT2D eigenvalue weighted by atomic mass is 19.4. The predicted molar refractivity (Wildman–Crippen MR) is 246 cm³/mol. The molecule has 0 aliphatic carbocycles. The van der Waals surface area contributed by atoms with E-state index in [-0.39, 0.29) is 67.1 Å². The van der Waals surface area contributed by atoms with Crippen molar-refractivity contribution in [2.45, 2.75) is 20.0 Å². The fourth-order valence-corrected chi connectivity index (χ4v) is 9.51. The van der Waals surface area contributed by atoms with Crippen molar-refractivity contribution in [1.82, 2.24) is 4.90 Å². The normalized spacial score (nSPS) is 15.2. The van der Waals surface area contributed by atoms with Crippen LogP contribution in [0.4, 0.5) is 30.2 Å². The highest BCUT2D eigenvalue weighted by molar-refractivity contribution is 6.37. The summed E-state index contributed by atoms with van der Waals surface area (Å²) in [7, 11) is 1.39. The number of carbonyl (C=O) groups is 8. The van der Waals surface area contributed by atoms with Crippen LogP contribution in [0.25, 0.3) is 33.4 Å². The summed E-state index contributed by atoms with van der Waals surface area (Å²) in [5.41, 5.74) is 3.56. The minimum absolute atomic E-state index is 0.0229. The molecule has 15 heteroatoms. The second-order valence-corrected chi connectivity index (χ2v) is 17.1. The molecule has 4 aliphatic heterocycles. The maximum Gasteiger partial charge on any atom is 0.417 e. The van der Waals surface area contributed by atoms with Crippen LogP contribution >= 0.6 is 0 Å². The van der Waals surface area contributed by atoms with Gasteiger partial charge in [-0.05, 0) is 138 Å². The lowest BCUT2D eigenvalue weighted by Gasteiger charge is -2.20. The summed E-state index contributed by atoms with van der Waals surface area (Å²) >= 11 is 0. The molecule has 0 radical (unpaired) electrons. The zero-order valence-electron chi connectivity index (χ0n) is 36.4. The molecule has 0 saturated carbocycles. The summed E-state index contributed by atoms with van der Waals surface area (Å²) < 4.78 is 43.6. The first kappa shape index (κ1) is 42.5. The summed E-state index contributed by atoms with van der Waals surface area (Å²) in [6, 6.07) is 32.5.